The Morgan fingerprint density at radius 2 is 2.00 bits per heavy atom. The number of rotatable bonds is 4. The van der Waals surface area contributed by atoms with Crippen LogP contribution in [0.2, 0.25) is 0 Å². The molecule has 2 saturated carbocycles. The number of likely N-dealkylation sites (tertiary alicyclic amines) is 1. The van der Waals surface area contributed by atoms with E-state index in [1.54, 1.807) is 11.8 Å². The van der Waals surface area contributed by atoms with E-state index in [1.807, 2.05) is 0 Å². The van der Waals surface area contributed by atoms with Gasteiger partial charge in [-0.05, 0) is 38.5 Å². The molecule has 0 bridgehead atoms. The summed E-state index contributed by atoms with van der Waals surface area (Å²) in [6.45, 7) is 2.69. The summed E-state index contributed by atoms with van der Waals surface area (Å²) in [6.07, 6.45) is 3.42. The van der Waals surface area contributed by atoms with Gasteiger partial charge in [-0.25, -0.2) is 0 Å². The zero-order valence-corrected chi connectivity index (χ0v) is 12.3. The van der Waals surface area contributed by atoms with Crippen LogP contribution in [-0.2, 0) is 19.1 Å². The van der Waals surface area contributed by atoms with Crippen molar-refractivity contribution >= 4 is 17.8 Å². The van der Waals surface area contributed by atoms with E-state index in [1.165, 1.54) is 0 Å². The molecule has 3 fully saturated rings. The number of ether oxygens (including phenoxy) is 1. The van der Waals surface area contributed by atoms with Gasteiger partial charge in [-0.15, -0.1) is 0 Å². The van der Waals surface area contributed by atoms with Gasteiger partial charge in [0.25, 0.3) is 0 Å². The second-order valence-corrected chi connectivity index (χ2v) is 6.54. The molecule has 3 aliphatic rings. The van der Waals surface area contributed by atoms with Crippen molar-refractivity contribution in [2.45, 2.75) is 39.0 Å². The Bertz CT molecular complexity index is 498. The van der Waals surface area contributed by atoms with Crippen LogP contribution < -0.4 is 0 Å². The molecule has 1 N–H and O–H groups in total. The molecule has 2 aliphatic carbocycles. The number of esters is 1. The molecule has 1 aliphatic heterocycles. The molecule has 0 aromatic rings. The van der Waals surface area contributed by atoms with Crippen molar-refractivity contribution in [1.82, 2.24) is 4.90 Å². The Kier molecular flexibility index (Phi) is 3.22. The van der Waals surface area contributed by atoms with Crippen molar-refractivity contribution in [2.24, 2.45) is 16.7 Å². The number of fused-ring (bicyclic) bond motifs is 1. The van der Waals surface area contributed by atoms with Crippen LogP contribution >= 0.6 is 0 Å². The maximum Gasteiger partial charge on any atom is 0.321 e. The summed E-state index contributed by atoms with van der Waals surface area (Å²) in [5, 5.41) is 9.56. The van der Waals surface area contributed by atoms with Crippen molar-refractivity contribution in [1.29, 1.82) is 0 Å². The fourth-order valence-corrected chi connectivity index (χ4v) is 4.00. The van der Waals surface area contributed by atoms with Crippen molar-refractivity contribution in [3.63, 3.8) is 0 Å². The van der Waals surface area contributed by atoms with Crippen LogP contribution in [0, 0.1) is 16.7 Å². The summed E-state index contributed by atoms with van der Waals surface area (Å²) in [5.74, 6) is -1.45. The molecule has 2 atom stereocenters. The lowest BCUT2D eigenvalue weighted by Gasteiger charge is -2.25. The molecule has 1 heterocycles. The quantitative estimate of drug-likeness (QED) is 0.619. The van der Waals surface area contributed by atoms with Gasteiger partial charge in [0.2, 0.25) is 5.91 Å². The average Bonchev–Trinajstić information content (AvgIpc) is 3.01. The van der Waals surface area contributed by atoms with E-state index in [2.05, 4.69) is 0 Å². The molecule has 21 heavy (non-hydrogen) atoms. The monoisotopic (exact) mass is 295 g/mol. The second-order valence-electron chi connectivity index (χ2n) is 6.54. The molecule has 6 nitrogen and oxygen atoms in total. The Morgan fingerprint density at radius 3 is 2.52 bits per heavy atom. The maximum absolute atomic E-state index is 12.7. The number of hydrogen-bond donors (Lipinski definition) is 1. The van der Waals surface area contributed by atoms with Gasteiger partial charge in [0.05, 0.1) is 12.0 Å². The number of carboxylic acid groups (broad SMARTS) is 1. The van der Waals surface area contributed by atoms with E-state index >= 15 is 0 Å². The van der Waals surface area contributed by atoms with Crippen LogP contribution in [0.25, 0.3) is 0 Å². The lowest BCUT2D eigenvalue weighted by molar-refractivity contribution is -0.157. The van der Waals surface area contributed by atoms with E-state index < -0.39 is 22.8 Å². The summed E-state index contributed by atoms with van der Waals surface area (Å²) < 4.78 is 5.01. The highest BCUT2D eigenvalue weighted by Crippen LogP contribution is 2.53. The van der Waals surface area contributed by atoms with Crippen LogP contribution in [0.1, 0.15) is 39.0 Å². The maximum atomic E-state index is 12.7. The number of hydrogen-bond acceptors (Lipinski definition) is 4. The molecule has 0 aromatic carbocycles. The molecular weight excluding hydrogens is 274 g/mol. The van der Waals surface area contributed by atoms with Gasteiger partial charge < -0.3 is 14.7 Å². The first-order valence-corrected chi connectivity index (χ1v) is 7.66. The topological polar surface area (TPSA) is 83.9 Å². The number of aliphatic carboxylic acids is 1. The highest BCUT2D eigenvalue weighted by molar-refractivity contribution is 6.06. The highest BCUT2D eigenvalue weighted by atomic mass is 16.5. The fourth-order valence-electron chi connectivity index (χ4n) is 4.00. The van der Waals surface area contributed by atoms with Crippen LogP contribution in [0.15, 0.2) is 0 Å². The van der Waals surface area contributed by atoms with Crippen molar-refractivity contribution in [2.75, 3.05) is 19.7 Å². The van der Waals surface area contributed by atoms with Gasteiger partial charge in [-0.3, -0.25) is 14.4 Å². The lowest BCUT2D eigenvalue weighted by Crippen LogP contribution is -2.42. The third-order valence-corrected chi connectivity index (χ3v) is 5.41. The minimum absolute atomic E-state index is 0.0249. The average molecular weight is 295 g/mol. The summed E-state index contributed by atoms with van der Waals surface area (Å²) >= 11 is 0. The number of carboxylic acids is 1. The molecule has 6 heteroatoms. The lowest BCUT2D eigenvalue weighted by atomic mass is 9.81. The fraction of sp³-hybridized carbons (Fsp3) is 0.800. The molecule has 1 saturated heterocycles. The van der Waals surface area contributed by atoms with Crippen LogP contribution in [-0.4, -0.2) is 47.5 Å². The van der Waals surface area contributed by atoms with Crippen molar-refractivity contribution in [3.05, 3.63) is 0 Å². The molecule has 0 unspecified atom stereocenters. The number of carbonyl (C=O) groups is 3. The number of carbonyl (C=O) groups excluding carboxylic acids is 2. The molecule has 0 spiro atoms. The number of nitrogens with zero attached hydrogens (tertiary/aromatic N) is 1. The predicted octanol–water partition coefficient (Wildman–Crippen LogP) is 1.04. The standard InChI is InChI=1S/C15H21NO5/c1-2-21-13(20)14(6-7-14)11(17)16-8-10-4-3-5-15(10,9-16)12(18)19/h10H,2-9H2,1H3,(H,18,19)/t10-,15+/m0/s1. The minimum atomic E-state index is -1.02. The summed E-state index contributed by atoms with van der Waals surface area (Å²) in [4.78, 5) is 37.9. The Hall–Kier alpha value is -1.59. The normalized spacial score (nSPS) is 32.6. The zero-order chi connectivity index (χ0) is 15.3. The Morgan fingerprint density at radius 1 is 1.29 bits per heavy atom. The van der Waals surface area contributed by atoms with Crippen LogP contribution in [0.4, 0.5) is 0 Å². The highest BCUT2D eigenvalue weighted by Gasteiger charge is 2.63. The van der Waals surface area contributed by atoms with E-state index in [0.29, 0.717) is 25.8 Å². The number of amides is 1. The third kappa shape index (κ3) is 1.95. The first-order chi connectivity index (χ1) is 9.96. The summed E-state index contributed by atoms with van der Waals surface area (Å²) in [7, 11) is 0. The van der Waals surface area contributed by atoms with Gasteiger partial charge in [-0.2, -0.15) is 0 Å². The van der Waals surface area contributed by atoms with Gasteiger partial charge >= 0.3 is 11.9 Å². The molecular formula is C15H21NO5. The van der Waals surface area contributed by atoms with E-state index in [9.17, 15) is 19.5 Å². The first-order valence-electron chi connectivity index (χ1n) is 7.66. The third-order valence-electron chi connectivity index (χ3n) is 5.41. The molecule has 116 valence electrons. The van der Waals surface area contributed by atoms with Gasteiger partial charge in [0.15, 0.2) is 0 Å². The SMILES string of the molecule is CCOC(=O)C1(C(=O)N2C[C@@H]3CCC[C@@]3(C(=O)O)C2)CC1. The first kappa shape index (κ1) is 14.4. The second kappa shape index (κ2) is 4.71. The smallest absolute Gasteiger partial charge is 0.321 e. The molecule has 0 aromatic heterocycles. The molecule has 1 amide bonds. The largest absolute Gasteiger partial charge is 0.481 e. The molecule has 3 rings (SSSR count). The Balaban J connectivity index is 1.76. The van der Waals surface area contributed by atoms with Gasteiger partial charge in [0.1, 0.15) is 5.41 Å². The minimum Gasteiger partial charge on any atom is -0.481 e. The summed E-state index contributed by atoms with van der Waals surface area (Å²) in [6, 6.07) is 0. The predicted molar refractivity (Wildman–Crippen MR) is 72.3 cm³/mol. The Labute approximate surface area is 123 Å². The van der Waals surface area contributed by atoms with Gasteiger partial charge in [0, 0.05) is 13.1 Å². The van der Waals surface area contributed by atoms with Gasteiger partial charge in [-0.1, -0.05) is 6.42 Å². The van der Waals surface area contributed by atoms with Crippen molar-refractivity contribution < 1.29 is 24.2 Å². The van der Waals surface area contributed by atoms with Crippen LogP contribution in [0.5, 0.6) is 0 Å². The van der Waals surface area contributed by atoms with Crippen molar-refractivity contribution in [3.8, 4) is 0 Å². The molecule has 0 radical (unpaired) electrons. The van der Waals surface area contributed by atoms with E-state index in [-0.39, 0.29) is 25.0 Å². The zero-order valence-electron chi connectivity index (χ0n) is 12.3. The summed E-state index contributed by atoms with van der Waals surface area (Å²) in [5.41, 5.74) is -1.81. The van der Waals surface area contributed by atoms with E-state index in [4.69, 9.17) is 4.74 Å². The van der Waals surface area contributed by atoms with E-state index in [0.717, 1.165) is 12.8 Å². The van der Waals surface area contributed by atoms with Crippen LogP contribution in [0.3, 0.4) is 0 Å².